The Kier molecular flexibility index (Phi) is 35.8. The second kappa shape index (κ2) is 25.6. The van der Waals surface area contributed by atoms with Crippen molar-refractivity contribution in [1.82, 2.24) is 0 Å². The summed E-state index contributed by atoms with van der Waals surface area (Å²) in [4.78, 5) is 0.933. The van der Waals surface area contributed by atoms with Crippen molar-refractivity contribution < 1.29 is 48.1 Å². The van der Waals surface area contributed by atoms with Gasteiger partial charge in [-0.25, -0.2) is 18.6 Å². The van der Waals surface area contributed by atoms with Crippen molar-refractivity contribution in [2.45, 2.75) is 46.4 Å². The van der Waals surface area contributed by atoms with E-state index in [2.05, 4.69) is 67.3 Å². The Morgan fingerprint density at radius 1 is 0.739 bits per heavy atom. The van der Waals surface area contributed by atoms with Gasteiger partial charge in [-0.2, -0.15) is 0 Å². The van der Waals surface area contributed by atoms with E-state index in [1.807, 2.05) is 6.08 Å². The third-order valence-electron chi connectivity index (χ3n) is 2.77. The van der Waals surface area contributed by atoms with Crippen LogP contribution in [0.15, 0.2) is 12.7 Å². The van der Waals surface area contributed by atoms with E-state index >= 15 is 0 Å². The van der Waals surface area contributed by atoms with Crippen LogP contribution in [0.25, 0.3) is 0 Å². The molecule has 23 heavy (non-hydrogen) atoms. The van der Waals surface area contributed by atoms with Gasteiger partial charge in [0.15, 0.2) is 0 Å². The van der Waals surface area contributed by atoms with Crippen LogP contribution >= 0.6 is 15.8 Å². The molecule has 0 atom stereocenters. The summed E-state index contributed by atoms with van der Waals surface area (Å²) in [5, 5.41) is 0. The van der Waals surface area contributed by atoms with E-state index in [9.17, 15) is 0 Å². The van der Waals surface area contributed by atoms with Crippen molar-refractivity contribution >= 4 is 15.8 Å². The van der Waals surface area contributed by atoms with Gasteiger partial charge in [0.25, 0.3) is 0 Å². The molecule has 0 aromatic heterocycles. The second-order valence-electron chi connectivity index (χ2n) is 4.03. The maximum Gasteiger partial charge on any atom is -0.0355 e. The van der Waals surface area contributed by atoms with Crippen molar-refractivity contribution in [3.8, 4) is 0 Å². The molecule has 0 aromatic rings. The topological polar surface area (TPSA) is 92.2 Å². The SMILES string of the molecule is C=C[CH2][Pd+].CCP(CC)CC.CCP(CC)CC.[O-][Cl+3]([O-])([O-])[O-]. The van der Waals surface area contributed by atoms with Gasteiger partial charge < -0.3 is 0 Å². The molecule has 0 fully saturated rings. The van der Waals surface area contributed by atoms with Crippen LogP contribution in [0.4, 0.5) is 0 Å². The Morgan fingerprint density at radius 2 is 0.870 bits per heavy atom. The largest absolute Gasteiger partial charge is 0.222 e. The van der Waals surface area contributed by atoms with Crippen LogP contribution in [-0.4, -0.2) is 37.0 Å². The summed E-state index contributed by atoms with van der Waals surface area (Å²) in [6.45, 7) is 17.2. The van der Waals surface area contributed by atoms with Crippen molar-refractivity contribution in [2.24, 2.45) is 0 Å². The smallest absolute Gasteiger partial charge is 0.0355 e. The molecule has 0 heterocycles. The fraction of sp³-hybridized carbons (Fsp3) is 0.867. The number of hydrogen-bond acceptors (Lipinski definition) is 4. The average Bonchev–Trinajstić information content (AvgIpc) is 2.50. The number of halogens is 1. The van der Waals surface area contributed by atoms with E-state index in [1.54, 1.807) is 0 Å². The van der Waals surface area contributed by atoms with Gasteiger partial charge >= 0.3 is 36.8 Å². The molecule has 0 saturated carbocycles. The molecule has 0 rings (SSSR count). The summed E-state index contributed by atoms with van der Waals surface area (Å²) in [5.74, 6) is 0. The quantitative estimate of drug-likeness (QED) is 0.311. The summed E-state index contributed by atoms with van der Waals surface area (Å²) >= 11 is 2.92. The Hall–Kier alpha value is 1.39. The zero-order valence-corrected chi connectivity index (χ0v) is 19.6. The Labute approximate surface area is 159 Å². The first-order valence-electron chi connectivity index (χ1n) is 7.80. The van der Waals surface area contributed by atoms with Crippen LogP contribution in [0.2, 0.25) is 4.89 Å². The molecule has 0 unspecified atom stereocenters. The number of rotatable bonds is 7. The van der Waals surface area contributed by atoms with E-state index in [1.165, 1.54) is 37.0 Å². The molecule has 0 N–H and O–H groups in total. The van der Waals surface area contributed by atoms with E-state index in [0.717, 1.165) is 4.89 Å². The fourth-order valence-corrected chi connectivity index (χ4v) is 4.02. The van der Waals surface area contributed by atoms with Crippen LogP contribution < -0.4 is 18.6 Å². The molecular formula is C15H35ClO4P2Pd. The molecule has 0 bridgehead atoms. The molecule has 0 aromatic carbocycles. The van der Waals surface area contributed by atoms with Gasteiger partial charge in [-0.1, -0.05) is 41.5 Å². The van der Waals surface area contributed by atoms with Crippen molar-refractivity contribution in [1.29, 1.82) is 0 Å². The van der Waals surface area contributed by atoms with Gasteiger partial charge in [0.2, 0.25) is 0 Å². The van der Waals surface area contributed by atoms with Crippen molar-refractivity contribution in [3.05, 3.63) is 12.7 Å². The van der Waals surface area contributed by atoms with Crippen molar-refractivity contribution in [2.75, 3.05) is 37.0 Å². The molecule has 146 valence electrons. The van der Waals surface area contributed by atoms with E-state index in [4.69, 9.17) is 18.6 Å². The first kappa shape index (κ1) is 32.1. The predicted octanol–water partition coefficient (Wildman–Crippen LogP) is 1.44. The summed E-state index contributed by atoms with van der Waals surface area (Å²) in [6.07, 6.45) is 10.3. The van der Waals surface area contributed by atoms with Gasteiger partial charge in [0, 0.05) is 0 Å². The Balaban J connectivity index is -0.000000107. The van der Waals surface area contributed by atoms with Gasteiger partial charge in [-0.05, 0) is 37.0 Å². The molecule has 0 radical (unpaired) electrons. The molecule has 0 spiro atoms. The normalized spacial score (nSPS) is 10.0. The third kappa shape index (κ3) is 51.7. The molecule has 0 aliphatic heterocycles. The van der Waals surface area contributed by atoms with Crippen LogP contribution in [0, 0.1) is 10.2 Å². The predicted molar refractivity (Wildman–Crippen MR) is 92.1 cm³/mol. The Morgan fingerprint density at radius 3 is 0.870 bits per heavy atom. The number of hydrogen-bond donors (Lipinski definition) is 0. The van der Waals surface area contributed by atoms with Crippen LogP contribution in [0.3, 0.4) is 0 Å². The standard InChI is InChI=1S/2C6H15P.C3H5.ClHO4.Pd/c2*1-4-7(5-2)6-3;1-3-2;2-1(3,4)5;/h2*4-6H2,1-3H3;3H,1-2H2;(H,2,3,4,5);/q;;;;+1/p-1. The fourth-order valence-electron chi connectivity index (χ4n) is 1.34. The second-order valence-corrected chi connectivity index (χ2v) is 11.9. The monoisotopic (exact) mass is 482 g/mol. The molecule has 0 saturated heterocycles. The van der Waals surface area contributed by atoms with Gasteiger partial charge in [0.1, 0.15) is 0 Å². The average molecular weight is 483 g/mol. The summed E-state index contributed by atoms with van der Waals surface area (Å²) in [5.41, 5.74) is 0. The molecular weight excluding hydrogens is 448 g/mol. The minimum Gasteiger partial charge on any atom is -0.222 e. The molecule has 0 aliphatic rings. The maximum atomic E-state index is 8.49. The van der Waals surface area contributed by atoms with Crippen LogP contribution in [0.5, 0.6) is 0 Å². The first-order chi connectivity index (χ1) is 10.6. The summed E-state index contributed by atoms with van der Waals surface area (Å²) in [7, 11) is -4.05. The summed E-state index contributed by atoms with van der Waals surface area (Å²) in [6, 6.07) is 0. The minimum absolute atomic E-state index is 0.446. The molecule has 8 heteroatoms. The van der Waals surface area contributed by atoms with Gasteiger partial charge in [0.05, 0.1) is 0 Å². The van der Waals surface area contributed by atoms with E-state index in [0.29, 0.717) is 15.8 Å². The minimum atomic E-state index is -4.94. The Bertz CT molecular complexity index is 183. The molecule has 0 amide bonds. The van der Waals surface area contributed by atoms with Gasteiger partial charge in [-0.3, -0.25) is 0 Å². The van der Waals surface area contributed by atoms with Crippen LogP contribution in [0.1, 0.15) is 41.5 Å². The molecule has 0 aliphatic carbocycles. The summed E-state index contributed by atoms with van der Waals surface area (Å²) < 4.78 is 34.0. The maximum absolute atomic E-state index is 8.49. The third-order valence-corrected chi connectivity index (χ3v) is 8.59. The zero-order chi connectivity index (χ0) is 19.3. The molecule has 4 nitrogen and oxygen atoms in total. The van der Waals surface area contributed by atoms with E-state index in [-0.39, 0.29) is 0 Å². The van der Waals surface area contributed by atoms with Crippen molar-refractivity contribution in [3.63, 3.8) is 0 Å². The van der Waals surface area contributed by atoms with Crippen LogP contribution in [-0.2, 0) is 19.2 Å². The zero-order valence-electron chi connectivity index (χ0n) is 15.5. The van der Waals surface area contributed by atoms with Gasteiger partial charge in [-0.15, -0.1) is 26.1 Å². The van der Waals surface area contributed by atoms with E-state index < -0.39 is 10.2 Å². The number of allylic oxidation sites excluding steroid dienone is 1. The first-order valence-corrected chi connectivity index (χ1v) is 13.9.